The second-order valence-electron chi connectivity index (χ2n) is 17.5. The van der Waals surface area contributed by atoms with E-state index in [9.17, 15) is 29.1 Å². The van der Waals surface area contributed by atoms with Crippen LogP contribution in [0.4, 0.5) is 0 Å². The van der Waals surface area contributed by atoms with Gasteiger partial charge in [0.2, 0.25) is 23.6 Å². The molecule has 66 heavy (non-hydrogen) atoms. The minimum atomic E-state index is -1.45. The molecule has 5 rings (SSSR count). The fourth-order valence-electron chi connectivity index (χ4n) is 7.64. The molecule has 18 heteroatoms. The van der Waals surface area contributed by atoms with E-state index in [1.807, 2.05) is 30.3 Å². The molecule has 0 fully saturated rings. The van der Waals surface area contributed by atoms with Crippen LogP contribution in [-0.4, -0.2) is 107 Å². The Balaban J connectivity index is 1.56. The average Bonchev–Trinajstić information content (AvgIpc) is 3.27. The highest BCUT2D eigenvalue weighted by molar-refractivity contribution is 6.00. The average molecular weight is 904 g/mol. The molecule has 350 valence electrons. The molecule has 18 nitrogen and oxygen atoms in total. The number of aromatic nitrogens is 2. The number of phenolic OH excluding ortho intramolecular Hbond substituents is 1. The van der Waals surface area contributed by atoms with Crippen molar-refractivity contribution in [3.8, 4) is 40.1 Å². The Hall–Kier alpha value is -6.94. The van der Waals surface area contributed by atoms with E-state index >= 15 is 0 Å². The lowest BCUT2D eigenvalue weighted by Gasteiger charge is -2.32. The van der Waals surface area contributed by atoms with Crippen LogP contribution in [0.5, 0.6) is 11.5 Å². The van der Waals surface area contributed by atoms with Gasteiger partial charge in [0.25, 0.3) is 5.91 Å². The van der Waals surface area contributed by atoms with Gasteiger partial charge in [-0.15, -0.1) is 0 Å². The van der Waals surface area contributed by atoms with Crippen molar-refractivity contribution in [2.45, 2.75) is 84.0 Å². The van der Waals surface area contributed by atoms with E-state index in [1.165, 1.54) is 20.0 Å². The number of hydrogen-bond donors (Lipinski definition) is 8. The number of nitriles is 1. The predicted octanol–water partition coefficient (Wildman–Crippen LogP) is 2.18. The molecule has 11 N–H and O–H groups in total. The van der Waals surface area contributed by atoms with E-state index in [4.69, 9.17) is 27.2 Å². The van der Waals surface area contributed by atoms with Gasteiger partial charge in [-0.1, -0.05) is 57.2 Å². The van der Waals surface area contributed by atoms with Crippen LogP contribution in [0.2, 0.25) is 0 Å². The Labute approximate surface area is 385 Å². The van der Waals surface area contributed by atoms with E-state index in [-0.39, 0.29) is 85.1 Å². The number of nitrogens with one attached hydrogen (secondary N) is 4. The van der Waals surface area contributed by atoms with Crippen LogP contribution >= 0.6 is 0 Å². The van der Waals surface area contributed by atoms with Crippen LogP contribution in [0.25, 0.3) is 22.5 Å². The molecule has 2 heterocycles. The molecule has 0 saturated heterocycles. The van der Waals surface area contributed by atoms with Crippen molar-refractivity contribution in [3.05, 3.63) is 94.3 Å². The topological polar surface area (TPSA) is 294 Å². The Kier molecular flexibility index (Phi) is 16.6. The van der Waals surface area contributed by atoms with Crippen LogP contribution in [0.1, 0.15) is 78.6 Å². The van der Waals surface area contributed by atoms with Gasteiger partial charge in [0.1, 0.15) is 42.2 Å². The normalized spacial score (nSPS) is 16.8. The summed E-state index contributed by atoms with van der Waals surface area (Å²) in [4.78, 5) is 80.8. The predicted molar refractivity (Wildman–Crippen MR) is 249 cm³/mol. The van der Waals surface area contributed by atoms with Crippen molar-refractivity contribution < 1.29 is 33.8 Å². The maximum Gasteiger partial charge on any atom is 0.255 e. The number of aromatic hydroxyl groups is 1. The molecule has 4 aromatic rings. The van der Waals surface area contributed by atoms with E-state index in [0.717, 1.165) is 16.0 Å². The van der Waals surface area contributed by atoms with Crippen LogP contribution in [-0.2, 0) is 31.0 Å². The first kappa shape index (κ1) is 50.1. The zero-order valence-corrected chi connectivity index (χ0v) is 38.5. The summed E-state index contributed by atoms with van der Waals surface area (Å²) in [6, 6.07) is 14.0. The third kappa shape index (κ3) is 11.8. The Bertz CT molecular complexity index is 2460. The van der Waals surface area contributed by atoms with Crippen molar-refractivity contribution in [3.63, 3.8) is 0 Å². The Morgan fingerprint density at radius 2 is 1.62 bits per heavy atom. The van der Waals surface area contributed by atoms with Gasteiger partial charge >= 0.3 is 0 Å². The highest BCUT2D eigenvalue weighted by Gasteiger charge is 2.36. The summed E-state index contributed by atoms with van der Waals surface area (Å²) in [6.07, 6.45) is -0.0687. The number of carbonyl (C=O) groups is 5. The van der Waals surface area contributed by atoms with E-state index in [2.05, 4.69) is 52.0 Å². The molecule has 3 aromatic carbocycles. The van der Waals surface area contributed by atoms with Crippen LogP contribution in [0, 0.1) is 31.1 Å². The number of hydrogen-bond acceptors (Lipinski definition) is 13. The molecule has 0 unspecified atom stereocenters. The standard InChI is InChI=1S/C48H61N11O7/c1-26-40(27(2)55-42(54-26)31-9-12-33(13-10-31)48(4,5)6)45(63)57-36(16-17-49)47(65)59(7)41-32-11-15-39(66-25-30(23-51)24-52)35(22-32)34-20-29(8-14-38(34)60)21-37(44(62)53-19-18-50)58-43(61)28(3)56-46(41)64/h8-15,20,22,28,30,36-37,41,60H,16-17,19,21,23-25,49,51-52H2,1-7H3,(H,53,62)(H,56,64)(H,57,63)(H,58,61)/t28-,36-,37-,41-/m0/s1. The van der Waals surface area contributed by atoms with Crippen molar-refractivity contribution in [1.82, 2.24) is 36.1 Å². The number of ether oxygens (including phenoxy) is 1. The molecular formula is C48H61N11O7. The van der Waals surface area contributed by atoms with Crippen LogP contribution in [0.3, 0.4) is 0 Å². The maximum atomic E-state index is 14.7. The number of benzene rings is 3. The minimum Gasteiger partial charge on any atom is -0.507 e. The van der Waals surface area contributed by atoms with Crippen molar-refractivity contribution >= 4 is 29.5 Å². The fourth-order valence-corrected chi connectivity index (χ4v) is 7.64. The number of carbonyl (C=O) groups excluding carboxylic acids is 5. The van der Waals surface area contributed by atoms with Gasteiger partial charge < -0.3 is 53.2 Å². The smallest absolute Gasteiger partial charge is 0.255 e. The number of phenols is 1. The zero-order valence-electron chi connectivity index (χ0n) is 38.5. The number of fused-ring (bicyclic) bond motifs is 5. The number of likely N-dealkylation sites (N-methyl/N-ethyl adjacent to an activating group) is 1. The van der Waals surface area contributed by atoms with Gasteiger partial charge in [-0.3, -0.25) is 24.0 Å². The van der Waals surface area contributed by atoms with Crippen molar-refractivity contribution in [2.75, 3.05) is 39.8 Å². The lowest BCUT2D eigenvalue weighted by molar-refractivity contribution is -0.141. The third-order valence-electron chi connectivity index (χ3n) is 11.5. The summed E-state index contributed by atoms with van der Waals surface area (Å²) in [5, 5.41) is 31.1. The SMILES string of the molecule is Cc1nc(-c2ccc(C(C)(C)C)cc2)nc(C)c1C(=O)N[C@@H](CCN)C(=O)N(C)[C@@H]1C(=O)N[C@@H](C)C(=O)N[C@H](C(=O)NCC#N)Cc2ccc(O)c(c2)-c2cc1ccc2OCC(CN)CN. The molecule has 4 atom stereocenters. The summed E-state index contributed by atoms with van der Waals surface area (Å²) in [5.41, 5.74) is 22.0. The van der Waals surface area contributed by atoms with E-state index < -0.39 is 53.7 Å². The second-order valence-corrected chi connectivity index (χ2v) is 17.5. The summed E-state index contributed by atoms with van der Waals surface area (Å²) in [7, 11) is 1.39. The summed E-state index contributed by atoms with van der Waals surface area (Å²) < 4.78 is 6.24. The number of nitrogens with zero attached hydrogens (tertiary/aromatic N) is 4. The molecule has 0 saturated carbocycles. The lowest BCUT2D eigenvalue weighted by atomic mass is 9.86. The van der Waals surface area contributed by atoms with Crippen molar-refractivity contribution in [1.29, 1.82) is 5.26 Å². The molecule has 1 aromatic heterocycles. The summed E-state index contributed by atoms with van der Waals surface area (Å²) in [5.74, 6) is -3.14. The first-order chi connectivity index (χ1) is 31.3. The molecular weight excluding hydrogens is 843 g/mol. The van der Waals surface area contributed by atoms with Crippen LogP contribution in [0.15, 0.2) is 60.7 Å². The van der Waals surface area contributed by atoms with Gasteiger partial charge in [-0.25, -0.2) is 9.97 Å². The molecule has 1 aliphatic heterocycles. The first-order valence-corrected chi connectivity index (χ1v) is 21.8. The molecule has 0 radical (unpaired) electrons. The Morgan fingerprint density at radius 1 is 0.955 bits per heavy atom. The first-order valence-electron chi connectivity index (χ1n) is 21.8. The number of amides is 5. The monoisotopic (exact) mass is 903 g/mol. The fraction of sp³-hybridized carbons (Fsp3) is 0.417. The molecule has 5 amide bonds. The molecule has 0 spiro atoms. The second kappa shape index (κ2) is 21.8. The molecule has 0 aliphatic carbocycles. The largest absolute Gasteiger partial charge is 0.507 e. The van der Waals surface area contributed by atoms with Gasteiger partial charge in [0.15, 0.2) is 5.82 Å². The third-order valence-corrected chi connectivity index (χ3v) is 11.5. The summed E-state index contributed by atoms with van der Waals surface area (Å²) >= 11 is 0. The highest BCUT2D eigenvalue weighted by atomic mass is 16.5. The number of nitrogens with two attached hydrogens (primary N) is 3. The van der Waals surface area contributed by atoms with Crippen LogP contribution < -0.4 is 43.2 Å². The highest BCUT2D eigenvalue weighted by Crippen LogP contribution is 2.40. The van der Waals surface area contributed by atoms with Crippen molar-refractivity contribution in [2.24, 2.45) is 23.1 Å². The van der Waals surface area contributed by atoms with Gasteiger partial charge in [-0.05, 0) is 93.2 Å². The maximum absolute atomic E-state index is 14.7. The molecule has 1 aliphatic rings. The lowest BCUT2D eigenvalue weighted by Crippen LogP contribution is -2.56. The number of rotatable bonds is 14. The summed E-state index contributed by atoms with van der Waals surface area (Å²) in [6.45, 7) is 11.4. The quantitative estimate of drug-likeness (QED) is 0.0844. The van der Waals surface area contributed by atoms with E-state index in [1.54, 1.807) is 44.2 Å². The van der Waals surface area contributed by atoms with E-state index in [0.29, 0.717) is 28.3 Å². The van der Waals surface area contributed by atoms with Gasteiger partial charge in [-0.2, -0.15) is 5.26 Å². The molecule has 4 bridgehead atoms. The van der Waals surface area contributed by atoms with Gasteiger partial charge in [0.05, 0.1) is 29.6 Å². The van der Waals surface area contributed by atoms with Gasteiger partial charge in [0, 0.05) is 36.1 Å². The Morgan fingerprint density at radius 3 is 2.23 bits per heavy atom. The minimum absolute atomic E-state index is 0.0158. The number of aryl methyl sites for hydroxylation is 2. The zero-order chi connectivity index (χ0) is 48.5.